The molecule has 0 aromatic rings. The summed E-state index contributed by atoms with van der Waals surface area (Å²) < 4.78 is 64.9. The fraction of sp³-hybridized carbons (Fsp3) is 0.957. The Kier molecular flexibility index (Phi) is 47.7. The van der Waals surface area contributed by atoms with Gasteiger partial charge in [-0.3, -0.25) is 23.4 Å². The van der Waals surface area contributed by atoms with Crippen LogP contribution in [0, 0.1) is 0 Å². The number of carbonyl (C=O) groups is 3. The van der Waals surface area contributed by atoms with E-state index in [1.54, 1.807) is 0 Å². The molecule has 24 nitrogen and oxygen atoms in total. The molecule has 3 rings (SSSR count). The molecule has 0 radical (unpaired) electrons. The molecule has 554 valence electrons. The Hall–Kier alpha value is -2.04. The van der Waals surface area contributed by atoms with Gasteiger partial charge in [0.25, 0.3) is 0 Å². The zero-order valence-electron chi connectivity index (χ0n) is 57.5. The summed E-state index contributed by atoms with van der Waals surface area (Å²) in [6.45, 7) is 3.44. The molecule has 2 heterocycles. The summed E-state index contributed by atoms with van der Waals surface area (Å²) >= 11 is 0. The van der Waals surface area contributed by atoms with Crippen LogP contribution in [0.25, 0.3) is 0 Å². The number of hydrogen-bond acceptors (Lipinski definition) is 23. The number of phosphoric ester groups is 1. The lowest BCUT2D eigenvalue weighted by Gasteiger charge is -2.49. The molecule has 0 aromatic heterocycles. The van der Waals surface area contributed by atoms with Crippen LogP contribution >= 0.6 is 7.82 Å². The number of aliphatic hydroxyl groups excluding tert-OH is 10. The summed E-state index contributed by atoms with van der Waals surface area (Å²) in [6, 6.07) is 0. The predicted octanol–water partition coefficient (Wildman–Crippen LogP) is 9.40. The molecule has 11 N–H and O–H groups in total. The van der Waals surface area contributed by atoms with Crippen LogP contribution in [-0.4, -0.2) is 204 Å². The van der Waals surface area contributed by atoms with Gasteiger partial charge < -0.3 is 89.1 Å². The Balaban J connectivity index is 1.75. The van der Waals surface area contributed by atoms with Gasteiger partial charge in [0.1, 0.15) is 98.7 Å². The van der Waals surface area contributed by atoms with Crippen molar-refractivity contribution in [2.45, 2.75) is 395 Å². The first kappa shape index (κ1) is 86.2. The van der Waals surface area contributed by atoms with E-state index in [0.29, 0.717) is 19.3 Å². The Morgan fingerprint density at radius 1 is 0.372 bits per heavy atom. The number of ether oxygens (including phenoxy) is 7. The first-order valence-corrected chi connectivity index (χ1v) is 38.3. The molecule has 0 bridgehead atoms. The molecule has 3 fully saturated rings. The molecule has 1 saturated carbocycles. The molecule has 3 aliphatic rings. The van der Waals surface area contributed by atoms with Gasteiger partial charge in [-0.05, 0) is 19.3 Å². The molecule has 2 saturated heterocycles. The SMILES string of the molecule is CCCCCCCCCCCCCCCCC(=O)OCC(COP(=O)(O)OC1C(OC2OC(CO)C(O)C(O)C2O)C(O)C(O)C(O)C1OC1OC(COC(=O)CCCCCCCCCCCCCC)C(O)C(O)C1O)OC(=O)CCCCCCCCCCCCCCC. The van der Waals surface area contributed by atoms with Crippen molar-refractivity contribution in [2.24, 2.45) is 0 Å². The summed E-state index contributed by atoms with van der Waals surface area (Å²) in [5, 5.41) is 110. The van der Waals surface area contributed by atoms with Crippen molar-refractivity contribution in [2.75, 3.05) is 26.4 Å². The predicted molar refractivity (Wildman–Crippen MR) is 352 cm³/mol. The van der Waals surface area contributed by atoms with Gasteiger partial charge in [0, 0.05) is 19.3 Å². The number of phosphoric acid groups is 1. The molecule has 0 spiro atoms. The topological polar surface area (TPSA) is 374 Å². The highest BCUT2D eigenvalue weighted by Crippen LogP contribution is 2.49. The number of aliphatic hydroxyl groups is 10. The van der Waals surface area contributed by atoms with E-state index in [1.807, 2.05) is 0 Å². The fourth-order valence-electron chi connectivity index (χ4n) is 12.3. The maximum absolute atomic E-state index is 14.3. The molecule has 2 aliphatic heterocycles. The molecule has 1 aliphatic carbocycles. The minimum absolute atomic E-state index is 0.0331. The van der Waals surface area contributed by atoms with Crippen LogP contribution in [0.3, 0.4) is 0 Å². The Labute approximate surface area is 561 Å². The Bertz CT molecular complexity index is 1960. The average Bonchev–Trinajstić information content (AvgIpc) is 0.766. The largest absolute Gasteiger partial charge is 0.472 e. The third-order valence-corrected chi connectivity index (χ3v) is 19.4. The highest BCUT2D eigenvalue weighted by atomic mass is 31.2. The molecular weight excluding hydrogens is 1240 g/mol. The normalized spacial score (nSPS) is 28.2. The van der Waals surface area contributed by atoms with E-state index in [4.69, 9.17) is 42.2 Å². The maximum atomic E-state index is 14.3. The second-order valence-electron chi connectivity index (χ2n) is 26.7. The van der Waals surface area contributed by atoms with Gasteiger partial charge in [-0.2, -0.15) is 0 Å². The number of esters is 3. The van der Waals surface area contributed by atoms with Gasteiger partial charge in [-0.15, -0.1) is 0 Å². The Morgan fingerprint density at radius 3 is 1.04 bits per heavy atom. The summed E-state index contributed by atoms with van der Waals surface area (Å²) in [6.07, 6.45) is 7.55. The highest BCUT2D eigenvalue weighted by molar-refractivity contribution is 7.47. The van der Waals surface area contributed by atoms with Crippen molar-refractivity contribution in [3.63, 3.8) is 0 Å². The number of rotatable bonds is 57. The van der Waals surface area contributed by atoms with Gasteiger partial charge >= 0.3 is 25.7 Å². The average molecular weight is 1370 g/mol. The van der Waals surface area contributed by atoms with Crippen LogP contribution in [0.5, 0.6) is 0 Å². The van der Waals surface area contributed by atoms with Crippen molar-refractivity contribution >= 4 is 25.7 Å². The van der Waals surface area contributed by atoms with E-state index < -0.39 is 156 Å². The minimum atomic E-state index is -5.69. The van der Waals surface area contributed by atoms with Crippen molar-refractivity contribution in [1.29, 1.82) is 0 Å². The zero-order valence-corrected chi connectivity index (χ0v) is 58.4. The van der Waals surface area contributed by atoms with E-state index >= 15 is 0 Å². The smallest absolute Gasteiger partial charge is 0.463 e. The van der Waals surface area contributed by atoms with E-state index in [0.717, 1.165) is 89.9 Å². The van der Waals surface area contributed by atoms with Gasteiger partial charge in [0.2, 0.25) is 0 Å². The minimum Gasteiger partial charge on any atom is -0.463 e. The zero-order chi connectivity index (χ0) is 68.9. The van der Waals surface area contributed by atoms with Gasteiger partial charge in [-0.1, -0.05) is 252 Å². The summed E-state index contributed by atoms with van der Waals surface area (Å²) in [5.41, 5.74) is 0. The number of unbranched alkanes of at least 4 members (excludes halogenated alkanes) is 36. The van der Waals surface area contributed by atoms with Gasteiger partial charge in [0.15, 0.2) is 18.7 Å². The molecule has 94 heavy (non-hydrogen) atoms. The van der Waals surface area contributed by atoms with Crippen molar-refractivity contribution < 1.29 is 117 Å². The van der Waals surface area contributed by atoms with Crippen LogP contribution in [-0.2, 0) is 61.2 Å². The highest BCUT2D eigenvalue weighted by Gasteiger charge is 2.58. The third kappa shape index (κ3) is 35.3. The molecule has 0 amide bonds. The molecule has 25 heteroatoms. The van der Waals surface area contributed by atoms with Crippen molar-refractivity contribution in [3.8, 4) is 0 Å². The second-order valence-corrected chi connectivity index (χ2v) is 28.1. The summed E-state index contributed by atoms with van der Waals surface area (Å²) in [7, 11) is -5.69. The van der Waals surface area contributed by atoms with Crippen LogP contribution in [0.1, 0.15) is 290 Å². The van der Waals surface area contributed by atoms with E-state index in [-0.39, 0.29) is 19.3 Å². The van der Waals surface area contributed by atoms with Crippen LogP contribution < -0.4 is 0 Å². The maximum Gasteiger partial charge on any atom is 0.472 e. The Morgan fingerprint density at radius 2 is 0.681 bits per heavy atom. The van der Waals surface area contributed by atoms with Crippen molar-refractivity contribution in [1.82, 2.24) is 0 Å². The quantitative estimate of drug-likeness (QED) is 0.0117. The summed E-state index contributed by atoms with van der Waals surface area (Å²) in [4.78, 5) is 50.9. The lowest BCUT2D eigenvalue weighted by Crippen LogP contribution is -2.69. The lowest BCUT2D eigenvalue weighted by molar-refractivity contribution is -0.360. The molecular formula is C69H129O24P. The van der Waals surface area contributed by atoms with Crippen LogP contribution in [0.2, 0.25) is 0 Å². The van der Waals surface area contributed by atoms with E-state index in [2.05, 4.69) is 20.8 Å². The van der Waals surface area contributed by atoms with Gasteiger partial charge in [-0.25, -0.2) is 4.57 Å². The molecule has 18 unspecified atom stereocenters. The fourth-order valence-corrected chi connectivity index (χ4v) is 13.3. The first-order valence-electron chi connectivity index (χ1n) is 36.8. The van der Waals surface area contributed by atoms with E-state index in [1.165, 1.54) is 141 Å². The molecule has 0 aromatic carbocycles. The van der Waals surface area contributed by atoms with Crippen LogP contribution in [0.15, 0.2) is 0 Å². The standard InChI is InChI=1S/C69H129O24P/c1-4-7-10-13-16-19-22-25-27-29-32-34-37-40-43-53(71)85-47-50(88-55(73)45-42-39-36-33-30-26-23-20-17-14-11-8-5-2)48-87-94(83,84)93-67-65(91-68-63(81)58(76)56(74)51(46-70)89-68)61(79)60(78)62(80)66(67)92-69-64(82)59(77)57(75)52(90-69)49-86-54(72)44-41-38-35-31-28-24-21-18-15-12-9-6-3/h50-52,56-70,74-82H,4-49H2,1-3H3,(H,83,84). The first-order chi connectivity index (χ1) is 45.3. The molecule has 18 atom stereocenters. The monoisotopic (exact) mass is 1370 g/mol. The second kappa shape index (κ2) is 52.0. The van der Waals surface area contributed by atoms with E-state index in [9.17, 15) is 74.9 Å². The number of hydrogen-bond donors (Lipinski definition) is 11. The number of carbonyl (C=O) groups excluding carboxylic acids is 3. The third-order valence-electron chi connectivity index (χ3n) is 18.4. The van der Waals surface area contributed by atoms with Crippen LogP contribution in [0.4, 0.5) is 0 Å². The van der Waals surface area contributed by atoms with Crippen molar-refractivity contribution in [3.05, 3.63) is 0 Å². The summed E-state index contributed by atoms with van der Waals surface area (Å²) in [5.74, 6) is -1.98. The van der Waals surface area contributed by atoms with Gasteiger partial charge in [0.05, 0.1) is 13.2 Å². The lowest BCUT2D eigenvalue weighted by atomic mass is 9.84.